The molecule has 3 aromatic carbocycles. The minimum absolute atomic E-state index is 0.0212. The zero-order valence-corrected chi connectivity index (χ0v) is 23.4. The molecule has 1 aliphatic carbocycles. The molecule has 0 atom stereocenters. The Hall–Kier alpha value is -4.03. The first-order chi connectivity index (χ1) is 20.6. The summed E-state index contributed by atoms with van der Waals surface area (Å²) in [6.07, 6.45) is -0.463. The van der Waals surface area contributed by atoms with E-state index in [2.05, 4.69) is 29.6 Å². The molecule has 11 heteroatoms. The molecule has 11 nitrogen and oxygen atoms in total. The molecule has 0 spiro atoms. The van der Waals surface area contributed by atoms with Crippen molar-refractivity contribution in [3.8, 4) is 16.9 Å². The van der Waals surface area contributed by atoms with E-state index in [1.54, 1.807) is 12.1 Å². The van der Waals surface area contributed by atoms with Crippen LogP contribution in [0, 0.1) is 10.1 Å². The highest BCUT2D eigenvalue weighted by atomic mass is 16.6. The number of alkyl carbamates (subject to hydrolysis) is 1. The van der Waals surface area contributed by atoms with Gasteiger partial charge in [-0.2, -0.15) is 0 Å². The van der Waals surface area contributed by atoms with Gasteiger partial charge in [-0.1, -0.05) is 48.5 Å². The Bertz CT molecular complexity index is 1220. The standard InChI is InChI=1S/C31H36N2O9/c34-31(42-23-30-28-7-3-1-5-26(28)27-6-2-4-8-29(27)30)32-13-14-37-15-16-38-17-18-39-19-20-40-21-22-41-25-11-9-24(10-12-25)33(35)36/h1-12,30H,13-23H2,(H,32,34). The molecule has 0 heterocycles. The molecule has 0 saturated heterocycles. The number of hydrogen-bond donors (Lipinski definition) is 1. The number of nitrogens with zero attached hydrogens (tertiary/aromatic N) is 1. The first-order valence-corrected chi connectivity index (χ1v) is 13.9. The lowest BCUT2D eigenvalue weighted by atomic mass is 9.98. The van der Waals surface area contributed by atoms with Gasteiger partial charge in [-0.05, 0) is 34.4 Å². The van der Waals surface area contributed by atoms with Gasteiger partial charge in [-0.25, -0.2) is 4.79 Å². The summed E-state index contributed by atoms with van der Waals surface area (Å²) in [5.41, 5.74) is 4.77. The fourth-order valence-corrected chi connectivity index (χ4v) is 4.52. The molecule has 1 aliphatic rings. The molecule has 4 rings (SSSR count). The molecule has 1 N–H and O–H groups in total. The van der Waals surface area contributed by atoms with Gasteiger partial charge in [-0.15, -0.1) is 0 Å². The van der Waals surface area contributed by atoms with Crippen molar-refractivity contribution in [2.75, 3.05) is 72.6 Å². The molecular formula is C31H36N2O9. The van der Waals surface area contributed by atoms with Gasteiger partial charge in [0.15, 0.2) is 0 Å². The number of ether oxygens (including phenoxy) is 6. The Morgan fingerprint density at radius 3 is 1.74 bits per heavy atom. The van der Waals surface area contributed by atoms with Crippen LogP contribution in [0.3, 0.4) is 0 Å². The van der Waals surface area contributed by atoms with Gasteiger partial charge in [0.05, 0.1) is 57.8 Å². The van der Waals surface area contributed by atoms with Crippen LogP contribution < -0.4 is 10.1 Å². The number of benzene rings is 3. The SMILES string of the molecule is O=C(NCCOCCOCCOCCOCCOc1ccc([N+](=O)[O-])cc1)OCC1c2ccccc2-c2ccccc21. The molecule has 0 aromatic heterocycles. The van der Waals surface area contributed by atoms with E-state index in [9.17, 15) is 14.9 Å². The van der Waals surface area contributed by atoms with Crippen molar-refractivity contribution < 1.29 is 38.1 Å². The number of nitro benzene ring substituents is 1. The molecule has 0 aliphatic heterocycles. The molecule has 0 bridgehead atoms. The largest absolute Gasteiger partial charge is 0.491 e. The first-order valence-electron chi connectivity index (χ1n) is 13.9. The van der Waals surface area contributed by atoms with Crippen molar-refractivity contribution >= 4 is 11.8 Å². The average molecular weight is 581 g/mol. The monoisotopic (exact) mass is 580 g/mol. The Morgan fingerprint density at radius 2 is 1.19 bits per heavy atom. The van der Waals surface area contributed by atoms with Crippen LogP contribution in [0.1, 0.15) is 17.0 Å². The Morgan fingerprint density at radius 1 is 0.690 bits per heavy atom. The van der Waals surface area contributed by atoms with Crippen LogP contribution in [0.4, 0.5) is 10.5 Å². The molecule has 0 saturated carbocycles. The third-order valence-corrected chi connectivity index (χ3v) is 6.52. The summed E-state index contributed by atoms with van der Waals surface area (Å²) in [7, 11) is 0. The van der Waals surface area contributed by atoms with Crippen molar-refractivity contribution in [3.63, 3.8) is 0 Å². The molecule has 224 valence electrons. The number of fused-ring (bicyclic) bond motifs is 3. The summed E-state index contributed by atoms with van der Waals surface area (Å²) in [6, 6.07) is 22.3. The van der Waals surface area contributed by atoms with E-state index in [0.29, 0.717) is 71.8 Å². The van der Waals surface area contributed by atoms with Crippen molar-refractivity contribution in [3.05, 3.63) is 94.0 Å². The first kappa shape index (κ1) is 30.9. The van der Waals surface area contributed by atoms with Gasteiger partial charge >= 0.3 is 6.09 Å². The number of carbonyl (C=O) groups is 1. The van der Waals surface area contributed by atoms with E-state index in [1.165, 1.54) is 34.4 Å². The third kappa shape index (κ3) is 9.52. The molecular weight excluding hydrogens is 544 g/mol. The number of rotatable bonds is 19. The summed E-state index contributed by atoms with van der Waals surface area (Å²) < 4.78 is 32.8. The summed E-state index contributed by atoms with van der Waals surface area (Å²) in [5.74, 6) is 0.581. The van der Waals surface area contributed by atoms with E-state index >= 15 is 0 Å². The molecule has 3 aromatic rings. The van der Waals surface area contributed by atoms with Crippen molar-refractivity contribution in [1.82, 2.24) is 5.32 Å². The second kappa shape index (κ2) is 17.0. The second-order valence-corrected chi connectivity index (χ2v) is 9.30. The quantitative estimate of drug-likeness (QED) is 0.123. The minimum Gasteiger partial charge on any atom is -0.491 e. The Kier molecular flexibility index (Phi) is 12.5. The minimum atomic E-state index is -0.463. The van der Waals surface area contributed by atoms with Crippen molar-refractivity contribution in [2.45, 2.75) is 5.92 Å². The lowest BCUT2D eigenvalue weighted by Crippen LogP contribution is -2.29. The van der Waals surface area contributed by atoms with Gasteiger partial charge in [0.25, 0.3) is 5.69 Å². The third-order valence-electron chi connectivity index (χ3n) is 6.52. The van der Waals surface area contributed by atoms with E-state index in [1.807, 2.05) is 24.3 Å². The van der Waals surface area contributed by atoms with Crippen LogP contribution in [-0.4, -0.2) is 83.6 Å². The maximum Gasteiger partial charge on any atom is 0.407 e. The summed E-state index contributed by atoms with van der Waals surface area (Å²) in [4.78, 5) is 22.4. The van der Waals surface area contributed by atoms with Crippen LogP contribution in [0.5, 0.6) is 5.75 Å². The lowest BCUT2D eigenvalue weighted by Gasteiger charge is -2.14. The highest BCUT2D eigenvalue weighted by molar-refractivity contribution is 5.79. The Labute approximate surface area is 244 Å². The zero-order valence-electron chi connectivity index (χ0n) is 23.4. The fourth-order valence-electron chi connectivity index (χ4n) is 4.52. The fraction of sp³-hybridized carbons (Fsp3) is 0.387. The normalized spacial score (nSPS) is 12.0. The van der Waals surface area contributed by atoms with E-state index in [-0.39, 0.29) is 18.2 Å². The van der Waals surface area contributed by atoms with Crippen LogP contribution in [0.25, 0.3) is 11.1 Å². The maximum atomic E-state index is 12.2. The molecule has 1 amide bonds. The van der Waals surface area contributed by atoms with Gasteiger partial charge in [0.2, 0.25) is 0 Å². The van der Waals surface area contributed by atoms with E-state index in [0.717, 1.165) is 0 Å². The summed E-state index contributed by atoms with van der Waals surface area (Å²) in [5, 5.41) is 13.4. The highest BCUT2D eigenvalue weighted by Crippen LogP contribution is 2.44. The van der Waals surface area contributed by atoms with Crippen LogP contribution >= 0.6 is 0 Å². The number of nitro groups is 1. The lowest BCUT2D eigenvalue weighted by molar-refractivity contribution is -0.384. The molecule has 0 unspecified atom stereocenters. The van der Waals surface area contributed by atoms with Gasteiger partial charge in [0, 0.05) is 24.6 Å². The highest BCUT2D eigenvalue weighted by Gasteiger charge is 2.28. The van der Waals surface area contributed by atoms with Crippen molar-refractivity contribution in [1.29, 1.82) is 0 Å². The van der Waals surface area contributed by atoms with Crippen LogP contribution in [0.2, 0.25) is 0 Å². The predicted molar refractivity (Wildman–Crippen MR) is 155 cm³/mol. The molecule has 0 radical (unpaired) electrons. The van der Waals surface area contributed by atoms with Gasteiger partial charge in [0.1, 0.15) is 19.0 Å². The number of amides is 1. The smallest absolute Gasteiger partial charge is 0.407 e. The summed E-state index contributed by atoms with van der Waals surface area (Å²) >= 11 is 0. The zero-order chi connectivity index (χ0) is 29.4. The van der Waals surface area contributed by atoms with Gasteiger partial charge in [-0.3, -0.25) is 10.1 Å². The van der Waals surface area contributed by atoms with E-state index in [4.69, 9.17) is 28.4 Å². The maximum absolute atomic E-state index is 12.2. The van der Waals surface area contributed by atoms with Gasteiger partial charge < -0.3 is 33.7 Å². The summed E-state index contributed by atoms with van der Waals surface area (Å²) in [6.45, 7) is 4.25. The number of carbonyl (C=O) groups excluding carboxylic acids is 1. The van der Waals surface area contributed by atoms with Crippen molar-refractivity contribution in [2.24, 2.45) is 0 Å². The topological polar surface area (TPSA) is 128 Å². The van der Waals surface area contributed by atoms with Crippen LogP contribution in [0.15, 0.2) is 72.8 Å². The number of hydrogen-bond acceptors (Lipinski definition) is 9. The number of non-ortho nitro benzene ring substituents is 1. The second-order valence-electron chi connectivity index (χ2n) is 9.30. The van der Waals surface area contributed by atoms with E-state index < -0.39 is 11.0 Å². The molecule has 0 fully saturated rings. The predicted octanol–water partition coefficient (Wildman–Crippen LogP) is 4.58. The van der Waals surface area contributed by atoms with Crippen LogP contribution in [-0.2, 0) is 23.7 Å². The Balaban J connectivity index is 0.923. The number of nitrogens with one attached hydrogen (secondary N) is 1. The average Bonchev–Trinajstić information content (AvgIpc) is 3.33. The molecule has 42 heavy (non-hydrogen) atoms.